The van der Waals surface area contributed by atoms with E-state index in [4.69, 9.17) is 9.72 Å². The number of ether oxygens (including phenoxy) is 1. The molecule has 0 saturated carbocycles. The van der Waals surface area contributed by atoms with Crippen molar-refractivity contribution in [3.05, 3.63) is 113 Å². The second-order valence-electron chi connectivity index (χ2n) is 14.5. The molecule has 1 amide bonds. The van der Waals surface area contributed by atoms with Gasteiger partial charge in [-0.2, -0.15) is 0 Å². The summed E-state index contributed by atoms with van der Waals surface area (Å²) in [6.07, 6.45) is 1.51. The Morgan fingerprint density at radius 1 is 0.837 bits per heavy atom. The molecule has 0 fully saturated rings. The van der Waals surface area contributed by atoms with Gasteiger partial charge in [0.2, 0.25) is 0 Å². The summed E-state index contributed by atoms with van der Waals surface area (Å²) in [5.74, 6) is -0.285. The van der Waals surface area contributed by atoms with Crippen molar-refractivity contribution >= 4 is 38.1 Å². The van der Waals surface area contributed by atoms with Crippen molar-refractivity contribution in [3.8, 4) is 27.4 Å². The molecule has 0 aliphatic carbocycles. The summed E-state index contributed by atoms with van der Waals surface area (Å²) in [6, 6.07) is 28.9. The molecule has 254 valence electrons. The van der Waals surface area contributed by atoms with Crippen LogP contribution in [0.2, 0.25) is 0 Å². The van der Waals surface area contributed by atoms with Crippen LogP contribution in [-0.4, -0.2) is 33.0 Å². The van der Waals surface area contributed by atoms with Gasteiger partial charge in [0.1, 0.15) is 10.6 Å². The molecule has 0 unspecified atom stereocenters. The summed E-state index contributed by atoms with van der Waals surface area (Å²) < 4.78 is 35.1. The lowest BCUT2D eigenvalue weighted by molar-refractivity contribution is 0.102. The van der Waals surface area contributed by atoms with E-state index in [1.54, 1.807) is 6.07 Å². The lowest BCUT2D eigenvalue weighted by Gasteiger charge is -2.31. The normalized spacial score (nSPS) is 13.6. The third-order valence-electron chi connectivity index (χ3n) is 8.95. The Kier molecular flexibility index (Phi) is 9.19. The Balaban J connectivity index is 1.36. The first-order valence-corrected chi connectivity index (χ1v) is 18.8. The molecule has 1 N–H and O–H groups in total. The summed E-state index contributed by atoms with van der Waals surface area (Å²) in [7, 11) is -2.61. The maximum atomic E-state index is 14.1. The fourth-order valence-electron chi connectivity index (χ4n) is 6.07. The molecule has 4 aromatic carbocycles. The fraction of sp³-hybridized carbons (Fsp3) is 0.300. The van der Waals surface area contributed by atoms with E-state index >= 15 is 0 Å². The van der Waals surface area contributed by atoms with E-state index in [9.17, 15) is 13.2 Å². The van der Waals surface area contributed by atoms with Crippen LogP contribution in [0, 0.1) is 0 Å². The quantitative estimate of drug-likeness (QED) is 0.184. The Morgan fingerprint density at radius 2 is 1.45 bits per heavy atom. The van der Waals surface area contributed by atoms with Crippen molar-refractivity contribution in [2.24, 2.45) is 0 Å². The standard InChI is InChI=1S/C40H43N3O4S2/c1-39(2,3)30-19-14-27(15-20-30)35-36(28-16-21-31(22-17-28)40(4,5)6)48-38(41-35)42-37(44)29-18-23-33(47-7)34(25-29)49(45,46)43-24-10-12-26-11-8-9-13-32(26)43/h8-9,11,13-23,25H,10,12,24H2,1-7H3,(H,41,42,44). The van der Waals surface area contributed by atoms with Gasteiger partial charge in [-0.1, -0.05) is 120 Å². The van der Waals surface area contributed by atoms with Crippen LogP contribution in [0.1, 0.15) is 75.0 Å². The van der Waals surface area contributed by atoms with Gasteiger partial charge in [-0.15, -0.1) is 0 Å². The van der Waals surface area contributed by atoms with Crippen molar-refractivity contribution in [1.82, 2.24) is 4.98 Å². The Morgan fingerprint density at radius 3 is 2.06 bits per heavy atom. The Labute approximate surface area is 294 Å². The van der Waals surface area contributed by atoms with E-state index in [2.05, 4.69) is 95.4 Å². The van der Waals surface area contributed by atoms with Crippen LogP contribution >= 0.6 is 11.3 Å². The average molecular weight is 694 g/mol. The zero-order chi connectivity index (χ0) is 35.1. The largest absolute Gasteiger partial charge is 0.495 e. The SMILES string of the molecule is COc1ccc(C(=O)Nc2nc(-c3ccc(C(C)(C)C)cc3)c(-c3ccc(C(C)(C)C)cc3)s2)cc1S(=O)(=O)N1CCCc2ccccc21. The van der Waals surface area contributed by atoms with Gasteiger partial charge in [0.05, 0.1) is 23.4 Å². The van der Waals surface area contributed by atoms with Crippen molar-refractivity contribution in [2.45, 2.75) is 70.1 Å². The lowest BCUT2D eigenvalue weighted by atomic mass is 9.86. The number of amides is 1. The summed E-state index contributed by atoms with van der Waals surface area (Å²) in [5.41, 5.74) is 6.99. The first kappa shape index (κ1) is 34.4. The van der Waals surface area contributed by atoms with Gasteiger partial charge in [-0.05, 0) is 70.2 Å². The molecule has 1 aliphatic rings. The highest BCUT2D eigenvalue weighted by atomic mass is 32.2. The minimum Gasteiger partial charge on any atom is -0.495 e. The molecule has 7 nitrogen and oxygen atoms in total. The van der Waals surface area contributed by atoms with Crippen molar-refractivity contribution in [3.63, 3.8) is 0 Å². The second-order valence-corrected chi connectivity index (χ2v) is 17.3. The summed E-state index contributed by atoms with van der Waals surface area (Å²) in [4.78, 5) is 19.6. The minimum atomic E-state index is -4.03. The van der Waals surface area contributed by atoms with Crippen LogP contribution in [0.3, 0.4) is 0 Å². The molecular formula is C40H43N3O4S2. The van der Waals surface area contributed by atoms with Crippen LogP contribution in [0.5, 0.6) is 5.75 Å². The van der Waals surface area contributed by atoms with Crippen LogP contribution in [0.4, 0.5) is 10.8 Å². The summed E-state index contributed by atoms with van der Waals surface area (Å²) >= 11 is 1.39. The number of fused-ring (bicyclic) bond motifs is 1. The molecular weight excluding hydrogens is 651 g/mol. The Hall–Kier alpha value is -4.47. The van der Waals surface area contributed by atoms with Crippen LogP contribution in [0.25, 0.3) is 21.7 Å². The summed E-state index contributed by atoms with van der Waals surface area (Å²) in [6.45, 7) is 13.5. The number of benzene rings is 4. The smallest absolute Gasteiger partial charge is 0.268 e. The predicted molar refractivity (Wildman–Crippen MR) is 201 cm³/mol. The highest BCUT2D eigenvalue weighted by Gasteiger charge is 2.32. The van der Waals surface area contributed by atoms with Crippen molar-refractivity contribution in [2.75, 3.05) is 23.3 Å². The summed E-state index contributed by atoms with van der Waals surface area (Å²) in [5, 5.41) is 3.38. The molecule has 9 heteroatoms. The predicted octanol–water partition coefficient (Wildman–Crippen LogP) is 9.47. The number of nitrogens with zero attached hydrogens (tertiary/aromatic N) is 2. The van der Waals surface area contributed by atoms with E-state index < -0.39 is 15.9 Å². The number of nitrogens with one attached hydrogen (secondary N) is 1. The van der Waals surface area contributed by atoms with Gasteiger partial charge >= 0.3 is 0 Å². The maximum Gasteiger partial charge on any atom is 0.268 e. The van der Waals surface area contributed by atoms with E-state index in [-0.39, 0.29) is 27.0 Å². The fourth-order valence-corrected chi connectivity index (χ4v) is 8.78. The van der Waals surface area contributed by atoms with Crippen molar-refractivity contribution in [1.29, 1.82) is 0 Å². The van der Waals surface area contributed by atoms with E-state index in [0.29, 0.717) is 23.8 Å². The number of hydrogen-bond acceptors (Lipinski definition) is 6. The van der Waals surface area contributed by atoms with E-state index in [1.165, 1.54) is 46.0 Å². The number of hydrogen-bond donors (Lipinski definition) is 1. The molecule has 2 heterocycles. The zero-order valence-corrected chi connectivity index (χ0v) is 30.8. The molecule has 1 aliphatic heterocycles. The number of methoxy groups -OCH3 is 1. The number of aromatic nitrogens is 1. The number of para-hydroxylation sites is 1. The van der Waals surface area contributed by atoms with E-state index in [0.717, 1.165) is 33.7 Å². The number of aryl methyl sites for hydroxylation is 1. The van der Waals surface area contributed by atoms with Gasteiger partial charge in [0.15, 0.2) is 5.13 Å². The molecule has 49 heavy (non-hydrogen) atoms. The Bertz CT molecular complexity index is 2030. The number of carbonyl (C=O) groups is 1. The topological polar surface area (TPSA) is 88.6 Å². The molecule has 0 spiro atoms. The van der Waals surface area contributed by atoms with Gasteiger partial charge in [-0.25, -0.2) is 13.4 Å². The number of thiazole rings is 1. The first-order chi connectivity index (χ1) is 23.2. The third kappa shape index (κ3) is 7.00. The van der Waals surface area contributed by atoms with Gasteiger partial charge < -0.3 is 4.74 Å². The number of carbonyl (C=O) groups excluding carboxylic acids is 1. The van der Waals surface area contributed by atoms with Crippen molar-refractivity contribution < 1.29 is 17.9 Å². The minimum absolute atomic E-state index is 0.00738. The first-order valence-electron chi connectivity index (χ1n) is 16.5. The number of rotatable bonds is 7. The third-order valence-corrected chi connectivity index (χ3v) is 11.8. The average Bonchev–Trinajstić information content (AvgIpc) is 3.50. The van der Waals surface area contributed by atoms with Crippen LogP contribution in [0.15, 0.2) is 95.9 Å². The second kappa shape index (κ2) is 13.1. The highest BCUT2D eigenvalue weighted by Crippen LogP contribution is 2.41. The number of sulfonamides is 1. The molecule has 5 aromatic rings. The van der Waals surface area contributed by atoms with Crippen LogP contribution in [-0.2, 0) is 27.3 Å². The molecule has 0 atom stereocenters. The molecule has 0 bridgehead atoms. The monoisotopic (exact) mass is 693 g/mol. The molecule has 6 rings (SSSR count). The van der Waals surface area contributed by atoms with Gasteiger partial charge in [0, 0.05) is 17.7 Å². The van der Waals surface area contributed by atoms with Gasteiger partial charge in [0.25, 0.3) is 15.9 Å². The molecule has 0 saturated heterocycles. The number of anilines is 2. The molecule has 1 aromatic heterocycles. The van der Waals surface area contributed by atoms with Crippen LogP contribution < -0.4 is 14.4 Å². The molecule has 0 radical (unpaired) electrons. The zero-order valence-electron chi connectivity index (χ0n) is 29.1. The van der Waals surface area contributed by atoms with E-state index in [1.807, 2.05) is 24.3 Å². The lowest BCUT2D eigenvalue weighted by Crippen LogP contribution is -2.35. The van der Waals surface area contributed by atoms with Gasteiger partial charge in [-0.3, -0.25) is 14.4 Å². The highest BCUT2D eigenvalue weighted by molar-refractivity contribution is 7.93. The maximum absolute atomic E-state index is 14.1.